The highest BCUT2D eigenvalue weighted by Crippen LogP contribution is 2.39. The first-order valence-electron chi connectivity index (χ1n) is 8.48. The number of aryl methyl sites for hydroxylation is 3. The highest BCUT2D eigenvalue weighted by atomic mass is 15.3. The van der Waals surface area contributed by atoms with Gasteiger partial charge >= 0.3 is 0 Å². The zero-order chi connectivity index (χ0) is 16.0. The number of hydrogen-bond acceptors (Lipinski definition) is 2. The van der Waals surface area contributed by atoms with Crippen molar-refractivity contribution in [1.82, 2.24) is 19.2 Å². The van der Waals surface area contributed by atoms with Crippen molar-refractivity contribution in [2.24, 2.45) is 12.5 Å². The van der Waals surface area contributed by atoms with Gasteiger partial charge < -0.3 is 4.40 Å². The average molecular weight is 308 g/mol. The summed E-state index contributed by atoms with van der Waals surface area (Å²) in [6.45, 7) is 4.56. The monoisotopic (exact) mass is 308 g/mol. The van der Waals surface area contributed by atoms with Crippen LogP contribution in [-0.2, 0) is 26.3 Å². The maximum Gasteiger partial charge on any atom is 0.0666 e. The summed E-state index contributed by atoms with van der Waals surface area (Å²) in [6, 6.07) is 4.25. The summed E-state index contributed by atoms with van der Waals surface area (Å²) in [4.78, 5) is 4.62. The van der Waals surface area contributed by atoms with Gasteiger partial charge in [0.2, 0.25) is 0 Å². The fourth-order valence-electron chi connectivity index (χ4n) is 4.07. The Morgan fingerprint density at radius 1 is 1.30 bits per heavy atom. The molecule has 120 valence electrons. The molecule has 1 aliphatic rings. The lowest BCUT2D eigenvalue weighted by Crippen LogP contribution is -2.27. The van der Waals surface area contributed by atoms with Gasteiger partial charge in [0, 0.05) is 31.3 Å². The van der Waals surface area contributed by atoms with Crippen molar-refractivity contribution in [2.75, 3.05) is 0 Å². The van der Waals surface area contributed by atoms with Crippen LogP contribution < -0.4 is 0 Å². The average Bonchev–Trinajstić information content (AvgIpc) is 3.11. The molecule has 4 rings (SSSR count). The molecular weight excluding hydrogens is 284 g/mol. The van der Waals surface area contributed by atoms with E-state index in [1.54, 1.807) is 0 Å². The van der Waals surface area contributed by atoms with Crippen molar-refractivity contribution >= 4 is 5.52 Å². The number of nitrogens with zero attached hydrogens (tertiary/aromatic N) is 4. The minimum Gasteiger partial charge on any atom is -0.321 e. The molecule has 0 aliphatic heterocycles. The van der Waals surface area contributed by atoms with Gasteiger partial charge in [0.15, 0.2) is 0 Å². The standard InChI is InChI=1S/C19H24N4/c1-14-15-6-8-19(2,13-18(15)22(3)21-14)9-7-16-17-5-4-11-23(17)12-10-20-16/h4-5,10-12H,6-9,13H2,1-3H3. The van der Waals surface area contributed by atoms with Crippen LogP contribution in [0.15, 0.2) is 30.7 Å². The Balaban J connectivity index is 1.55. The van der Waals surface area contributed by atoms with Crippen LogP contribution in [0.2, 0.25) is 0 Å². The highest BCUT2D eigenvalue weighted by molar-refractivity contribution is 5.52. The number of hydrogen-bond donors (Lipinski definition) is 0. The van der Waals surface area contributed by atoms with Gasteiger partial charge in [-0.3, -0.25) is 9.67 Å². The summed E-state index contributed by atoms with van der Waals surface area (Å²) >= 11 is 0. The van der Waals surface area contributed by atoms with Crippen LogP contribution in [0, 0.1) is 12.3 Å². The predicted octanol–water partition coefficient (Wildman–Crippen LogP) is 3.50. The third kappa shape index (κ3) is 2.46. The molecule has 0 radical (unpaired) electrons. The van der Waals surface area contributed by atoms with Gasteiger partial charge in [-0.2, -0.15) is 5.10 Å². The van der Waals surface area contributed by atoms with E-state index in [-0.39, 0.29) is 0 Å². The first-order chi connectivity index (χ1) is 11.1. The van der Waals surface area contributed by atoms with E-state index in [2.05, 4.69) is 58.4 Å². The maximum absolute atomic E-state index is 4.62. The Labute approximate surface area is 137 Å². The molecular formula is C19H24N4. The number of fused-ring (bicyclic) bond motifs is 2. The van der Waals surface area contributed by atoms with E-state index in [4.69, 9.17) is 0 Å². The molecule has 1 unspecified atom stereocenters. The Morgan fingerprint density at radius 3 is 3.04 bits per heavy atom. The molecule has 3 aromatic heterocycles. The van der Waals surface area contributed by atoms with Crippen LogP contribution in [-0.4, -0.2) is 19.2 Å². The summed E-state index contributed by atoms with van der Waals surface area (Å²) in [5, 5.41) is 4.61. The van der Waals surface area contributed by atoms with Crippen molar-refractivity contribution in [2.45, 2.75) is 46.0 Å². The van der Waals surface area contributed by atoms with E-state index in [0.29, 0.717) is 5.41 Å². The van der Waals surface area contributed by atoms with Crippen LogP contribution in [0.4, 0.5) is 0 Å². The Bertz CT molecular complexity index is 858. The molecule has 0 spiro atoms. The first-order valence-corrected chi connectivity index (χ1v) is 8.48. The van der Waals surface area contributed by atoms with Gasteiger partial charge in [-0.05, 0) is 62.1 Å². The van der Waals surface area contributed by atoms with Crippen LogP contribution in [0.25, 0.3) is 5.52 Å². The zero-order valence-corrected chi connectivity index (χ0v) is 14.2. The Kier molecular flexibility index (Phi) is 3.29. The molecule has 3 aromatic rings. The molecule has 23 heavy (non-hydrogen) atoms. The van der Waals surface area contributed by atoms with Crippen molar-refractivity contribution in [3.63, 3.8) is 0 Å². The molecule has 1 atom stereocenters. The van der Waals surface area contributed by atoms with Crippen molar-refractivity contribution in [3.8, 4) is 0 Å². The molecule has 4 heteroatoms. The maximum atomic E-state index is 4.62. The molecule has 0 amide bonds. The van der Waals surface area contributed by atoms with E-state index < -0.39 is 0 Å². The van der Waals surface area contributed by atoms with E-state index >= 15 is 0 Å². The molecule has 0 saturated carbocycles. The lowest BCUT2D eigenvalue weighted by Gasteiger charge is -2.34. The molecule has 0 bridgehead atoms. The van der Waals surface area contributed by atoms with Gasteiger partial charge in [-0.25, -0.2) is 0 Å². The van der Waals surface area contributed by atoms with Crippen LogP contribution >= 0.6 is 0 Å². The van der Waals surface area contributed by atoms with E-state index in [9.17, 15) is 0 Å². The van der Waals surface area contributed by atoms with Gasteiger partial charge in [-0.15, -0.1) is 0 Å². The minimum absolute atomic E-state index is 0.342. The summed E-state index contributed by atoms with van der Waals surface area (Å²) in [7, 11) is 2.08. The van der Waals surface area contributed by atoms with Crippen LogP contribution in [0.1, 0.15) is 42.4 Å². The van der Waals surface area contributed by atoms with E-state index in [1.807, 2.05) is 12.4 Å². The Morgan fingerprint density at radius 2 is 2.17 bits per heavy atom. The van der Waals surface area contributed by atoms with E-state index in [0.717, 1.165) is 19.3 Å². The summed E-state index contributed by atoms with van der Waals surface area (Å²) in [5.41, 5.74) is 6.93. The summed E-state index contributed by atoms with van der Waals surface area (Å²) < 4.78 is 4.25. The summed E-state index contributed by atoms with van der Waals surface area (Å²) in [5.74, 6) is 0. The molecule has 0 N–H and O–H groups in total. The van der Waals surface area contributed by atoms with Gasteiger partial charge in [0.25, 0.3) is 0 Å². The number of rotatable bonds is 3. The van der Waals surface area contributed by atoms with Crippen LogP contribution in [0.5, 0.6) is 0 Å². The third-order valence-electron chi connectivity index (χ3n) is 5.55. The fourth-order valence-corrected chi connectivity index (χ4v) is 4.07. The number of aromatic nitrogens is 4. The first kappa shape index (κ1) is 14.5. The largest absolute Gasteiger partial charge is 0.321 e. The molecule has 0 fully saturated rings. The summed E-state index contributed by atoms with van der Waals surface area (Å²) in [6.07, 6.45) is 11.8. The SMILES string of the molecule is Cc1nn(C)c2c1CCC(C)(CCc1nccn3cccc13)C2. The van der Waals surface area contributed by atoms with Gasteiger partial charge in [0.05, 0.1) is 16.9 Å². The second-order valence-corrected chi connectivity index (χ2v) is 7.30. The molecule has 0 aromatic carbocycles. The van der Waals surface area contributed by atoms with E-state index in [1.165, 1.54) is 41.0 Å². The van der Waals surface area contributed by atoms with Gasteiger partial charge in [-0.1, -0.05) is 6.92 Å². The quantitative estimate of drug-likeness (QED) is 0.742. The smallest absolute Gasteiger partial charge is 0.0666 e. The predicted molar refractivity (Wildman–Crippen MR) is 91.6 cm³/mol. The normalized spacial score (nSPS) is 20.8. The zero-order valence-electron chi connectivity index (χ0n) is 14.2. The van der Waals surface area contributed by atoms with Gasteiger partial charge in [0.1, 0.15) is 0 Å². The van der Waals surface area contributed by atoms with Crippen LogP contribution in [0.3, 0.4) is 0 Å². The topological polar surface area (TPSA) is 35.1 Å². The lowest BCUT2D eigenvalue weighted by molar-refractivity contribution is 0.249. The second-order valence-electron chi connectivity index (χ2n) is 7.30. The lowest BCUT2D eigenvalue weighted by atomic mass is 9.71. The minimum atomic E-state index is 0.342. The molecule has 0 saturated heterocycles. The third-order valence-corrected chi connectivity index (χ3v) is 5.55. The van der Waals surface area contributed by atoms with Crippen molar-refractivity contribution in [3.05, 3.63) is 53.4 Å². The Hall–Kier alpha value is -2.10. The second kappa shape index (κ2) is 5.22. The molecule has 3 heterocycles. The molecule has 1 aliphatic carbocycles. The van der Waals surface area contributed by atoms with Crippen molar-refractivity contribution in [1.29, 1.82) is 0 Å². The fraction of sp³-hybridized carbons (Fsp3) is 0.474. The molecule has 4 nitrogen and oxygen atoms in total. The van der Waals surface area contributed by atoms with Crippen molar-refractivity contribution < 1.29 is 0 Å². The highest BCUT2D eigenvalue weighted by Gasteiger charge is 2.32.